The second-order valence-corrected chi connectivity index (χ2v) is 3.03. The first-order valence-electron chi connectivity index (χ1n) is 4.59. The number of phenols is 1. The van der Waals surface area contributed by atoms with Crippen LogP contribution in [0.4, 0.5) is 0 Å². The van der Waals surface area contributed by atoms with Crippen LogP contribution >= 0.6 is 0 Å². The summed E-state index contributed by atoms with van der Waals surface area (Å²) < 4.78 is 4.71. The fourth-order valence-electron chi connectivity index (χ4n) is 1.10. The van der Waals surface area contributed by atoms with E-state index in [2.05, 4.69) is 5.92 Å². The molecule has 1 aromatic carbocycles. The van der Waals surface area contributed by atoms with Crippen molar-refractivity contribution in [2.24, 2.45) is 0 Å². The summed E-state index contributed by atoms with van der Waals surface area (Å²) in [6, 6.07) is 6.71. The van der Waals surface area contributed by atoms with Gasteiger partial charge >= 0.3 is 5.97 Å². The van der Waals surface area contributed by atoms with Gasteiger partial charge in [0.1, 0.15) is 5.75 Å². The second kappa shape index (κ2) is 5.71. The Labute approximate surface area is 88.7 Å². The van der Waals surface area contributed by atoms with Gasteiger partial charge in [-0.25, -0.2) is 0 Å². The van der Waals surface area contributed by atoms with E-state index in [9.17, 15) is 4.79 Å². The van der Waals surface area contributed by atoms with Gasteiger partial charge in [0.25, 0.3) is 0 Å². The van der Waals surface area contributed by atoms with Crippen molar-refractivity contribution in [2.45, 2.75) is 12.8 Å². The quantitative estimate of drug-likeness (QED) is 0.597. The van der Waals surface area contributed by atoms with E-state index in [0.717, 1.165) is 5.56 Å². The Hall–Kier alpha value is -1.95. The van der Waals surface area contributed by atoms with E-state index >= 15 is 0 Å². The van der Waals surface area contributed by atoms with E-state index in [1.54, 1.807) is 24.3 Å². The highest BCUT2D eigenvalue weighted by molar-refractivity contribution is 5.69. The van der Waals surface area contributed by atoms with Gasteiger partial charge in [0.15, 0.2) is 6.61 Å². The molecule has 0 amide bonds. The zero-order valence-electron chi connectivity index (χ0n) is 8.27. The Balaban J connectivity index is 2.34. The number of aromatic hydroxyl groups is 1. The van der Waals surface area contributed by atoms with Gasteiger partial charge in [-0.2, -0.15) is 0 Å². The number of hydrogen-bond donors (Lipinski definition) is 1. The van der Waals surface area contributed by atoms with E-state index in [-0.39, 0.29) is 18.3 Å². The lowest BCUT2D eigenvalue weighted by molar-refractivity contribution is -0.142. The smallest absolute Gasteiger partial charge is 0.307 e. The maximum atomic E-state index is 11.1. The van der Waals surface area contributed by atoms with Crippen LogP contribution in [0.2, 0.25) is 0 Å². The summed E-state index contributed by atoms with van der Waals surface area (Å²) in [4.78, 5) is 11.1. The van der Waals surface area contributed by atoms with Gasteiger partial charge in [-0.1, -0.05) is 18.1 Å². The van der Waals surface area contributed by atoms with Crippen molar-refractivity contribution in [1.29, 1.82) is 0 Å². The number of rotatable bonds is 4. The number of carbonyl (C=O) groups is 1. The van der Waals surface area contributed by atoms with E-state index in [0.29, 0.717) is 12.8 Å². The van der Waals surface area contributed by atoms with E-state index < -0.39 is 0 Å². The third kappa shape index (κ3) is 4.19. The molecule has 1 rings (SSSR count). The van der Waals surface area contributed by atoms with Crippen LogP contribution in [0.15, 0.2) is 24.3 Å². The van der Waals surface area contributed by atoms with Crippen LogP contribution in [0, 0.1) is 12.3 Å². The fourth-order valence-corrected chi connectivity index (χ4v) is 1.10. The van der Waals surface area contributed by atoms with Gasteiger partial charge in [-0.05, 0) is 24.1 Å². The average molecular weight is 204 g/mol. The zero-order chi connectivity index (χ0) is 11.1. The molecular formula is C12H12O3. The highest BCUT2D eigenvalue weighted by Crippen LogP contribution is 2.11. The predicted molar refractivity (Wildman–Crippen MR) is 56.2 cm³/mol. The van der Waals surface area contributed by atoms with Crippen molar-refractivity contribution in [3.8, 4) is 18.1 Å². The lowest BCUT2D eigenvalue weighted by Gasteiger charge is -2.01. The predicted octanol–water partition coefficient (Wildman–Crippen LogP) is 1.50. The third-order valence-electron chi connectivity index (χ3n) is 1.87. The molecule has 0 bridgehead atoms. The lowest BCUT2D eigenvalue weighted by Crippen LogP contribution is -2.05. The van der Waals surface area contributed by atoms with Crippen LogP contribution in [0.25, 0.3) is 0 Å². The SMILES string of the molecule is C#CCOC(=O)CCc1ccc(O)cc1. The minimum atomic E-state index is -0.305. The van der Waals surface area contributed by atoms with Crippen molar-refractivity contribution in [1.82, 2.24) is 0 Å². The van der Waals surface area contributed by atoms with E-state index in [1.165, 1.54) is 0 Å². The van der Waals surface area contributed by atoms with Gasteiger partial charge in [-0.15, -0.1) is 6.42 Å². The van der Waals surface area contributed by atoms with Crippen LogP contribution < -0.4 is 0 Å². The maximum absolute atomic E-state index is 11.1. The van der Waals surface area contributed by atoms with Crippen LogP contribution in [0.3, 0.4) is 0 Å². The largest absolute Gasteiger partial charge is 0.508 e. The standard InChI is InChI=1S/C12H12O3/c1-2-9-15-12(14)8-5-10-3-6-11(13)7-4-10/h1,3-4,6-7,13H,5,8-9H2. The molecule has 1 aromatic rings. The molecule has 0 unspecified atom stereocenters. The Morgan fingerprint density at radius 2 is 2.07 bits per heavy atom. The molecule has 0 aliphatic carbocycles. The third-order valence-corrected chi connectivity index (χ3v) is 1.87. The topological polar surface area (TPSA) is 46.5 Å². The molecule has 3 heteroatoms. The minimum Gasteiger partial charge on any atom is -0.508 e. The Bertz CT molecular complexity index is 359. The van der Waals surface area contributed by atoms with Gasteiger partial charge in [-0.3, -0.25) is 4.79 Å². The van der Waals surface area contributed by atoms with E-state index in [1.807, 2.05) is 0 Å². The zero-order valence-corrected chi connectivity index (χ0v) is 8.27. The number of hydrogen-bond acceptors (Lipinski definition) is 3. The van der Waals surface area contributed by atoms with Crippen molar-refractivity contribution in [3.63, 3.8) is 0 Å². The number of carbonyl (C=O) groups excluding carboxylic acids is 1. The average Bonchev–Trinajstić information content (AvgIpc) is 2.25. The molecule has 0 saturated carbocycles. The molecular weight excluding hydrogens is 192 g/mol. The number of esters is 1. The van der Waals surface area contributed by atoms with Crippen molar-refractivity contribution in [2.75, 3.05) is 6.61 Å². The molecule has 0 radical (unpaired) electrons. The lowest BCUT2D eigenvalue weighted by atomic mass is 10.1. The number of ether oxygens (including phenoxy) is 1. The van der Waals surface area contributed by atoms with Gasteiger partial charge in [0.2, 0.25) is 0 Å². The molecule has 0 atom stereocenters. The Kier molecular flexibility index (Phi) is 4.24. The molecule has 0 fully saturated rings. The monoisotopic (exact) mass is 204 g/mol. The summed E-state index contributed by atoms with van der Waals surface area (Å²) in [5, 5.41) is 9.04. The van der Waals surface area contributed by atoms with Crippen molar-refractivity contribution in [3.05, 3.63) is 29.8 Å². The van der Waals surface area contributed by atoms with Crippen molar-refractivity contribution >= 4 is 5.97 Å². The number of phenolic OH excluding ortho intramolecular Hbond substituents is 1. The van der Waals surface area contributed by atoms with Crippen LogP contribution in [-0.4, -0.2) is 17.7 Å². The molecule has 15 heavy (non-hydrogen) atoms. The van der Waals surface area contributed by atoms with Crippen LogP contribution in [-0.2, 0) is 16.0 Å². The Morgan fingerprint density at radius 1 is 1.40 bits per heavy atom. The summed E-state index contributed by atoms with van der Waals surface area (Å²) in [7, 11) is 0. The summed E-state index contributed by atoms with van der Waals surface area (Å²) in [6.45, 7) is 0.0222. The van der Waals surface area contributed by atoms with Crippen LogP contribution in [0.1, 0.15) is 12.0 Å². The normalized spacial score (nSPS) is 9.27. The van der Waals surface area contributed by atoms with Crippen molar-refractivity contribution < 1.29 is 14.6 Å². The molecule has 1 N–H and O–H groups in total. The number of benzene rings is 1. The molecule has 0 saturated heterocycles. The number of terminal acetylenes is 1. The Morgan fingerprint density at radius 3 is 2.67 bits per heavy atom. The van der Waals surface area contributed by atoms with Gasteiger partial charge < -0.3 is 9.84 Å². The highest BCUT2D eigenvalue weighted by Gasteiger charge is 2.02. The second-order valence-electron chi connectivity index (χ2n) is 3.03. The molecule has 0 aliphatic heterocycles. The molecule has 0 aliphatic rings. The fraction of sp³-hybridized carbons (Fsp3) is 0.250. The summed E-state index contributed by atoms with van der Waals surface area (Å²) >= 11 is 0. The first kappa shape index (κ1) is 11.1. The molecule has 0 spiro atoms. The minimum absolute atomic E-state index is 0.0222. The van der Waals surface area contributed by atoms with Gasteiger partial charge in [0.05, 0.1) is 0 Å². The first-order valence-corrected chi connectivity index (χ1v) is 4.59. The van der Waals surface area contributed by atoms with Gasteiger partial charge in [0, 0.05) is 6.42 Å². The maximum Gasteiger partial charge on any atom is 0.307 e. The summed E-state index contributed by atoms with van der Waals surface area (Å²) in [5.74, 6) is 2.14. The molecule has 78 valence electrons. The van der Waals surface area contributed by atoms with Crippen LogP contribution in [0.5, 0.6) is 5.75 Å². The first-order chi connectivity index (χ1) is 7.22. The molecule has 3 nitrogen and oxygen atoms in total. The summed E-state index contributed by atoms with van der Waals surface area (Å²) in [6.07, 6.45) is 5.83. The highest BCUT2D eigenvalue weighted by atomic mass is 16.5. The number of aryl methyl sites for hydroxylation is 1. The summed E-state index contributed by atoms with van der Waals surface area (Å²) in [5.41, 5.74) is 0.977. The molecule has 0 aromatic heterocycles. The van der Waals surface area contributed by atoms with E-state index in [4.69, 9.17) is 16.3 Å². The molecule has 0 heterocycles.